The van der Waals surface area contributed by atoms with E-state index in [1.165, 1.54) is 16.8 Å². The Morgan fingerprint density at radius 3 is 3.00 bits per heavy atom. The van der Waals surface area contributed by atoms with Crippen molar-refractivity contribution in [1.29, 1.82) is 0 Å². The highest BCUT2D eigenvalue weighted by molar-refractivity contribution is 5.56. The lowest BCUT2D eigenvalue weighted by Crippen LogP contribution is -2.42. The van der Waals surface area contributed by atoms with Crippen LogP contribution in [0.2, 0.25) is 0 Å². The summed E-state index contributed by atoms with van der Waals surface area (Å²) in [4.78, 5) is 0. The third-order valence-electron chi connectivity index (χ3n) is 3.21. The maximum Gasteiger partial charge on any atom is 0.0376 e. The Balaban J connectivity index is 2.03. The van der Waals surface area contributed by atoms with Crippen LogP contribution in [0.5, 0.6) is 0 Å². The van der Waals surface area contributed by atoms with Crippen LogP contribution >= 0.6 is 0 Å². The fraction of sp³-hybridized carbons (Fsp3) is 0.571. The van der Waals surface area contributed by atoms with E-state index in [1.807, 2.05) is 0 Å². The maximum atomic E-state index is 3.63. The smallest absolute Gasteiger partial charge is 0.0376 e. The molecule has 2 rings (SSSR count). The first-order chi connectivity index (χ1) is 7.66. The molecule has 0 saturated carbocycles. The van der Waals surface area contributed by atoms with Crippen molar-refractivity contribution in [3.63, 3.8) is 0 Å². The van der Waals surface area contributed by atoms with E-state index in [9.17, 15) is 0 Å². The number of nitrogens with one attached hydrogen (secondary N) is 2. The van der Waals surface area contributed by atoms with E-state index < -0.39 is 0 Å². The number of rotatable bonds is 3. The molecule has 88 valence electrons. The molecule has 16 heavy (non-hydrogen) atoms. The first-order valence-electron chi connectivity index (χ1n) is 6.22. The van der Waals surface area contributed by atoms with Gasteiger partial charge in [0.15, 0.2) is 0 Å². The molecule has 1 heterocycles. The van der Waals surface area contributed by atoms with E-state index in [0.29, 0.717) is 6.04 Å². The summed E-state index contributed by atoms with van der Waals surface area (Å²) in [5, 5.41) is 7.14. The molecule has 1 unspecified atom stereocenters. The molecule has 0 fully saturated rings. The fourth-order valence-electron chi connectivity index (χ4n) is 2.24. The number of anilines is 1. The predicted molar refractivity (Wildman–Crippen MR) is 70.0 cm³/mol. The minimum Gasteiger partial charge on any atom is -0.383 e. The molecule has 0 amide bonds. The Kier molecular flexibility index (Phi) is 3.49. The molecule has 2 nitrogen and oxygen atoms in total. The standard InChI is InChI=1S/C14H22N2/c1-10(2)8-15-12-7-13-11(3)5-4-6-14(13)16-9-12/h4-6,10,12,15-16H,7-9H2,1-3H3. The highest BCUT2D eigenvalue weighted by atomic mass is 15.0. The van der Waals surface area contributed by atoms with Crippen molar-refractivity contribution in [2.75, 3.05) is 18.4 Å². The molecular formula is C14H22N2. The number of hydrogen-bond acceptors (Lipinski definition) is 2. The van der Waals surface area contributed by atoms with Crippen molar-refractivity contribution in [3.05, 3.63) is 29.3 Å². The molecule has 0 aromatic heterocycles. The molecular weight excluding hydrogens is 196 g/mol. The van der Waals surface area contributed by atoms with Gasteiger partial charge in [-0.15, -0.1) is 0 Å². The van der Waals surface area contributed by atoms with Gasteiger partial charge in [0.05, 0.1) is 0 Å². The monoisotopic (exact) mass is 218 g/mol. The molecule has 1 aliphatic heterocycles. The zero-order valence-electron chi connectivity index (χ0n) is 10.5. The van der Waals surface area contributed by atoms with Crippen molar-refractivity contribution in [3.8, 4) is 0 Å². The van der Waals surface area contributed by atoms with Gasteiger partial charge in [-0.25, -0.2) is 0 Å². The second kappa shape index (κ2) is 4.88. The Labute approximate surface area is 98.4 Å². The lowest BCUT2D eigenvalue weighted by atomic mass is 9.95. The highest BCUT2D eigenvalue weighted by Gasteiger charge is 2.18. The van der Waals surface area contributed by atoms with E-state index in [1.54, 1.807) is 0 Å². The quantitative estimate of drug-likeness (QED) is 0.815. The van der Waals surface area contributed by atoms with Gasteiger partial charge in [0.1, 0.15) is 0 Å². The third kappa shape index (κ3) is 2.56. The van der Waals surface area contributed by atoms with Gasteiger partial charge in [0.2, 0.25) is 0 Å². The number of benzene rings is 1. The third-order valence-corrected chi connectivity index (χ3v) is 3.21. The van der Waals surface area contributed by atoms with E-state index in [-0.39, 0.29) is 0 Å². The summed E-state index contributed by atoms with van der Waals surface area (Å²) < 4.78 is 0. The summed E-state index contributed by atoms with van der Waals surface area (Å²) >= 11 is 0. The van der Waals surface area contributed by atoms with Crippen LogP contribution in [0.3, 0.4) is 0 Å². The number of fused-ring (bicyclic) bond motifs is 1. The Morgan fingerprint density at radius 1 is 1.44 bits per heavy atom. The van der Waals surface area contributed by atoms with Gasteiger partial charge in [-0.05, 0) is 43.0 Å². The molecule has 2 N–H and O–H groups in total. The molecule has 1 aromatic carbocycles. The molecule has 0 bridgehead atoms. The van der Waals surface area contributed by atoms with Crippen molar-refractivity contribution in [2.24, 2.45) is 5.92 Å². The van der Waals surface area contributed by atoms with Crippen LogP contribution in [-0.4, -0.2) is 19.1 Å². The molecule has 1 aliphatic rings. The van der Waals surface area contributed by atoms with E-state index in [4.69, 9.17) is 0 Å². The normalized spacial score (nSPS) is 19.4. The predicted octanol–water partition coefficient (Wildman–Crippen LogP) is 2.58. The van der Waals surface area contributed by atoms with Gasteiger partial charge in [-0.1, -0.05) is 26.0 Å². The molecule has 1 atom stereocenters. The summed E-state index contributed by atoms with van der Waals surface area (Å²) in [5.41, 5.74) is 4.21. The minimum absolute atomic E-state index is 0.580. The number of aryl methyl sites for hydroxylation is 1. The van der Waals surface area contributed by atoms with Gasteiger partial charge in [0.25, 0.3) is 0 Å². The summed E-state index contributed by atoms with van der Waals surface area (Å²) in [6.45, 7) is 8.85. The van der Waals surface area contributed by atoms with Crippen molar-refractivity contribution >= 4 is 5.69 Å². The van der Waals surface area contributed by atoms with Crippen LogP contribution in [0.4, 0.5) is 5.69 Å². The van der Waals surface area contributed by atoms with Gasteiger partial charge in [0, 0.05) is 18.3 Å². The summed E-state index contributed by atoms with van der Waals surface area (Å²) in [6.07, 6.45) is 1.15. The first kappa shape index (κ1) is 11.5. The molecule has 0 radical (unpaired) electrons. The van der Waals surface area contributed by atoms with Gasteiger partial charge < -0.3 is 10.6 Å². The maximum absolute atomic E-state index is 3.63. The molecule has 0 aliphatic carbocycles. The highest BCUT2D eigenvalue weighted by Crippen LogP contribution is 2.24. The van der Waals surface area contributed by atoms with E-state index >= 15 is 0 Å². The Bertz CT molecular complexity index is 358. The fourth-order valence-corrected chi connectivity index (χ4v) is 2.24. The van der Waals surface area contributed by atoms with Gasteiger partial charge in [-0.3, -0.25) is 0 Å². The van der Waals surface area contributed by atoms with Crippen LogP contribution in [-0.2, 0) is 6.42 Å². The summed E-state index contributed by atoms with van der Waals surface area (Å²) in [7, 11) is 0. The van der Waals surface area contributed by atoms with Crippen LogP contribution in [0.25, 0.3) is 0 Å². The largest absolute Gasteiger partial charge is 0.383 e. The zero-order chi connectivity index (χ0) is 11.5. The second-order valence-corrected chi connectivity index (χ2v) is 5.19. The average molecular weight is 218 g/mol. The molecule has 1 aromatic rings. The van der Waals surface area contributed by atoms with Crippen LogP contribution in [0.15, 0.2) is 18.2 Å². The van der Waals surface area contributed by atoms with Crippen LogP contribution in [0, 0.1) is 12.8 Å². The molecule has 2 heteroatoms. The van der Waals surface area contributed by atoms with Crippen LogP contribution in [0.1, 0.15) is 25.0 Å². The average Bonchev–Trinajstić information content (AvgIpc) is 2.27. The SMILES string of the molecule is Cc1cccc2c1CC(NCC(C)C)CN2. The van der Waals surface area contributed by atoms with Gasteiger partial charge in [-0.2, -0.15) is 0 Å². The van der Waals surface area contributed by atoms with Crippen LogP contribution < -0.4 is 10.6 Å². The lowest BCUT2D eigenvalue weighted by Gasteiger charge is -2.28. The molecule has 0 spiro atoms. The van der Waals surface area contributed by atoms with E-state index in [2.05, 4.69) is 49.6 Å². The van der Waals surface area contributed by atoms with Crippen molar-refractivity contribution < 1.29 is 0 Å². The van der Waals surface area contributed by atoms with Crippen molar-refractivity contribution in [2.45, 2.75) is 33.2 Å². The summed E-state index contributed by atoms with van der Waals surface area (Å²) in [6, 6.07) is 7.09. The second-order valence-electron chi connectivity index (χ2n) is 5.19. The topological polar surface area (TPSA) is 24.1 Å². The lowest BCUT2D eigenvalue weighted by molar-refractivity contribution is 0.465. The minimum atomic E-state index is 0.580. The Morgan fingerprint density at radius 2 is 2.25 bits per heavy atom. The van der Waals surface area contributed by atoms with Crippen molar-refractivity contribution in [1.82, 2.24) is 5.32 Å². The first-order valence-corrected chi connectivity index (χ1v) is 6.22. The van der Waals surface area contributed by atoms with E-state index in [0.717, 1.165) is 25.4 Å². The molecule has 0 saturated heterocycles. The summed E-state index contributed by atoms with van der Waals surface area (Å²) in [5.74, 6) is 0.721. The number of hydrogen-bond donors (Lipinski definition) is 2. The zero-order valence-corrected chi connectivity index (χ0v) is 10.5. The Hall–Kier alpha value is -1.02. The van der Waals surface area contributed by atoms with Gasteiger partial charge >= 0.3 is 0 Å².